The van der Waals surface area contributed by atoms with Gasteiger partial charge < -0.3 is 34.6 Å². The van der Waals surface area contributed by atoms with E-state index in [1.54, 1.807) is 6.08 Å². The third kappa shape index (κ3) is 14.7. The zero-order valence-corrected chi connectivity index (χ0v) is 28.5. The van der Waals surface area contributed by atoms with E-state index in [-0.39, 0.29) is 36.5 Å². The van der Waals surface area contributed by atoms with E-state index in [1.807, 2.05) is 6.92 Å². The lowest BCUT2D eigenvalue weighted by molar-refractivity contribution is -0.139. The SMILES string of the molecule is CCCCCCCCCC[C@H](O)[C@H]1CC[C@H]([C@@H](O)CC[C@H](O)[C@@H]2CC[C@H](CCCCCCC[C@@H](O)CC3=C[C@H](C)OC3=O)O2)O1. The van der Waals surface area contributed by atoms with E-state index in [0.717, 1.165) is 83.5 Å². The molecule has 9 atom stereocenters. The summed E-state index contributed by atoms with van der Waals surface area (Å²) in [5.41, 5.74) is 0.600. The normalized spacial score (nSPS) is 27.8. The highest BCUT2D eigenvalue weighted by atomic mass is 16.5. The Bertz CT molecular complexity index is 833. The molecule has 4 N–H and O–H groups in total. The van der Waals surface area contributed by atoms with Gasteiger partial charge in [-0.15, -0.1) is 0 Å². The quantitative estimate of drug-likeness (QED) is 0.0634. The predicted octanol–water partition coefficient (Wildman–Crippen LogP) is 6.83. The van der Waals surface area contributed by atoms with Crippen LogP contribution in [0.2, 0.25) is 0 Å². The van der Waals surface area contributed by atoms with Crippen LogP contribution in [0, 0.1) is 0 Å². The minimum atomic E-state index is -0.627. The Morgan fingerprint density at radius 2 is 1.18 bits per heavy atom. The minimum absolute atomic E-state index is 0.162. The highest BCUT2D eigenvalue weighted by molar-refractivity contribution is 5.90. The molecule has 3 aliphatic rings. The molecular formula is C37H66O8. The van der Waals surface area contributed by atoms with Gasteiger partial charge in [0.1, 0.15) is 6.10 Å². The van der Waals surface area contributed by atoms with Crippen molar-refractivity contribution in [3.8, 4) is 0 Å². The molecule has 0 aromatic rings. The number of carbonyl (C=O) groups excluding carboxylic acids is 1. The minimum Gasteiger partial charge on any atom is -0.455 e. The summed E-state index contributed by atoms with van der Waals surface area (Å²) in [5.74, 6) is -0.295. The van der Waals surface area contributed by atoms with Crippen molar-refractivity contribution in [3.05, 3.63) is 11.6 Å². The van der Waals surface area contributed by atoms with Crippen molar-refractivity contribution in [2.75, 3.05) is 0 Å². The van der Waals surface area contributed by atoms with Gasteiger partial charge in [-0.3, -0.25) is 0 Å². The van der Waals surface area contributed by atoms with Crippen molar-refractivity contribution in [1.29, 1.82) is 0 Å². The maximum Gasteiger partial charge on any atom is 0.334 e. The molecule has 45 heavy (non-hydrogen) atoms. The molecular weight excluding hydrogens is 572 g/mol. The molecule has 0 aromatic heterocycles. The molecule has 8 heteroatoms. The van der Waals surface area contributed by atoms with E-state index in [2.05, 4.69) is 6.92 Å². The van der Waals surface area contributed by atoms with Crippen LogP contribution < -0.4 is 0 Å². The van der Waals surface area contributed by atoms with Crippen molar-refractivity contribution in [2.45, 2.75) is 216 Å². The van der Waals surface area contributed by atoms with Crippen molar-refractivity contribution < 1.29 is 39.4 Å². The van der Waals surface area contributed by atoms with E-state index in [1.165, 1.54) is 38.5 Å². The second-order valence-corrected chi connectivity index (χ2v) is 14.2. The standard InChI is InChI=1S/C37H66O8/c1-3-4-5-6-7-8-12-15-18-31(39)35-23-24-36(45-35)33(41)21-20-32(40)34-22-19-30(44-34)17-14-11-9-10-13-16-29(38)26-28-25-27(2)43-37(28)42/h25,27,29-36,38-41H,3-24,26H2,1-2H3/t27-,29+,30-,31-,32-,33-,34-,35+,36+/m0/s1. The van der Waals surface area contributed by atoms with Crippen LogP contribution in [0.5, 0.6) is 0 Å². The summed E-state index contributed by atoms with van der Waals surface area (Å²) < 4.78 is 17.3. The molecule has 0 aromatic carbocycles. The largest absolute Gasteiger partial charge is 0.455 e. The number of esters is 1. The number of unbranched alkanes of at least 4 members (excludes halogenated alkanes) is 11. The van der Waals surface area contributed by atoms with Gasteiger partial charge in [0.2, 0.25) is 0 Å². The number of hydrogen-bond donors (Lipinski definition) is 4. The third-order valence-corrected chi connectivity index (χ3v) is 10.1. The van der Waals surface area contributed by atoms with E-state index in [9.17, 15) is 25.2 Å². The summed E-state index contributed by atoms with van der Waals surface area (Å²) in [4.78, 5) is 11.7. The molecule has 0 saturated carbocycles. The maximum absolute atomic E-state index is 11.7. The molecule has 0 bridgehead atoms. The number of hydrogen-bond acceptors (Lipinski definition) is 8. The molecule has 3 heterocycles. The first-order valence-corrected chi connectivity index (χ1v) is 18.7. The van der Waals surface area contributed by atoms with Crippen LogP contribution in [-0.4, -0.2) is 81.3 Å². The highest BCUT2D eigenvalue weighted by Crippen LogP contribution is 2.31. The predicted molar refractivity (Wildman–Crippen MR) is 177 cm³/mol. The van der Waals surface area contributed by atoms with Crippen molar-refractivity contribution in [2.24, 2.45) is 0 Å². The average molecular weight is 639 g/mol. The van der Waals surface area contributed by atoms with Gasteiger partial charge >= 0.3 is 5.97 Å². The molecule has 0 radical (unpaired) electrons. The van der Waals surface area contributed by atoms with Gasteiger partial charge in [0.05, 0.1) is 48.8 Å². The second kappa shape index (κ2) is 21.8. The molecule has 0 amide bonds. The molecule has 3 aliphatic heterocycles. The summed E-state index contributed by atoms with van der Waals surface area (Å²) >= 11 is 0. The van der Waals surface area contributed by atoms with Gasteiger partial charge in [0, 0.05) is 12.0 Å². The topological polar surface area (TPSA) is 126 Å². The monoisotopic (exact) mass is 638 g/mol. The Morgan fingerprint density at radius 3 is 1.78 bits per heavy atom. The van der Waals surface area contributed by atoms with Gasteiger partial charge in [0.15, 0.2) is 0 Å². The Labute approximate surface area is 273 Å². The number of cyclic esters (lactones) is 1. The lowest BCUT2D eigenvalue weighted by atomic mass is 9.98. The Morgan fingerprint density at radius 1 is 0.667 bits per heavy atom. The van der Waals surface area contributed by atoms with E-state index in [4.69, 9.17) is 14.2 Å². The van der Waals surface area contributed by atoms with Gasteiger partial charge in [-0.2, -0.15) is 0 Å². The number of aliphatic hydroxyl groups excluding tert-OH is 4. The summed E-state index contributed by atoms with van der Waals surface area (Å²) in [6.45, 7) is 4.07. The van der Waals surface area contributed by atoms with Crippen LogP contribution in [0.3, 0.4) is 0 Å². The number of carbonyl (C=O) groups is 1. The van der Waals surface area contributed by atoms with Gasteiger partial charge in [0.25, 0.3) is 0 Å². The van der Waals surface area contributed by atoms with Gasteiger partial charge in [-0.05, 0) is 70.8 Å². The fourth-order valence-corrected chi connectivity index (χ4v) is 7.29. The molecule has 0 unspecified atom stereocenters. The molecule has 8 nitrogen and oxygen atoms in total. The van der Waals surface area contributed by atoms with Crippen LogP contribution in [0.25, 0.3) is 0 Å². The smallest absolute Gasteiger partial charge is 0.334 e. The zero-order valence-electron chi connectivity index (χ0n) is 28.5. The molecule has 262 valence electrons. The highest BCUT2D eigenvalue weighted by Gasteiger charge is 2.36. The first-order chi connectivity index (χ1) is 21.8. The van der Waals surface area contributed by atoms with Crippen molar-refractivity contribution >= 4 is 5.97 Å². The third-order valence-electron chi connectivity index (χ3n) is 10.1. The first kappa shape index (κ1) is 38.4. The lowest BCUT2D eigenvalue weighted by Crippen LogP contribution is -2.33. The van der Waals surface area contributed by atoms with Crippen LogP contribution in [0.1, 0.15) is 162 Å². The molecule has 0 spiro atoms. The Balaban J connectivity index is 1.16. The summed E-state index contributed by atoms with van der Waals surface area (Å²) in [6.07, 6.45) is 21.6. The van der Waals surface area contributed by atoms with Gasteiger partial charge in [-0.25, -0.2) is 4.79 Å². The van der Waals surface area contributed by atoms with Crippen LogP contribution in [0.4, 0.5) is 0 Å². The Hall–Kier alpha value is -1.03. The van der Waals surface area contributed by atoms with Crippen molar-refractivity contribution in [3.63, 3.8) is 0 Å². The van der Waals surface area contributed by atoms with E-state index < -0.39 is 24.4 Å². The maximum atomic E-state index is 11.7. The lowest BCUT2D eigenvalue weighted by Gasteiger charge is -2.24. The molecule has 2 fully saturated rings. The fourth-order valence-electron chi connectivity index (χ4n) is 7.29. The number of ether oxygens (including phenoxy) is 3. The second-order valence-electron chi connectivity index (χ2n) is 14.2. The Kier molecular flexibility index (Phi) is 18.6. The summed E-state index contributed by atoms with van der Waals surface area (Å²) in [7, 11) is 0. The zero-order chi connectivity index (χ0) is 32.4. The van der Waals surface area contributed by atoms with Crippen molar-refractivity contribution in [1.82, 2.24) is 0 Å². The van der Waals surface area contributed by atoms with E-state index >= 15 is 0 Å². The first-order valence-electron chi connectivity index (χ1n) is 18.7. The van der Waals surface area contributed by atoms with Crippen LogP contribution in [-0.2, 0) is 19.0 Å². The van der Waals surface area contributed by atoms with E-state index in [0.29, 0.717) is 31.3 Å². The molecule has 0 aliphatic carbocycles. The summed E-state index contributed by atoms with van der Waals surface area (Å²) in [6, 6.07) is 0. The van der Waals surface area contributed by atoms with Gasteiger partial charge in [-0.1, -0.05) is 90.4 Å². The molecule has 2 saturated heterocycles. The van der Waals surface area contributed by atoms with Crippen LogP contribution >= 0.6 is 0 Å². The number of aliphatic hydroxyl groups is 4. The van der Waals surface area contributed by atoms with Crippen LogP contribution in [0.15, 0.2) is 11.6 Å². The summed E-state index contributed by atoms with van der Waals surface area (Å²) in [5, 5.41) is 42.4. The average Bonchev–Trinajstić information content (AvgIpc) is 3.77. The molecule has 3 rings (SSSR count). The fraction of sp³-hybridized carbons (Fsp3) is 0.919. The number of rotatable bonds is 25.